The lowest BCUT2D eigenvalue weighted by Crippen LogP contribution is -2.43. The monoisotopic (exact) mass is 265 g/mol. The van der Waals surface area contributed by atoms with Gasteiger partial charge >= 0.3 is 5.97 Å². The molecule has 0 radical (unpaired) electrons. The second kappa shape index (κ2) is 4.99. The van der Waals surface area contributed by atoms with Crippen molar-refractivity contribution in [1.82, 2.24) is 4.90 Å². The number of nitrogens with zero attached hydrogens (tertiary/aromatic N) is 1. The van der Waals surface area contributed by atoms with Crippen LogP contribution >= 0.6 is 0 Å². The van der Waals surface area contributed by atoms with Crippen LogP contribution < -0.4 is 0 Å². The van der Waals surface area contributed by atoms with E-state index in [1.807, 2.05) is 0 Å². The Morgan fingerprint density at radius 1 is 1.47 bits per heavy atom. The third-order valence-corrected chi connectivity index (χ3v) is 3.72. The van der Waals surface area contributed by atoms with Gasteiger partial charge in [0.1, 0.15) is 5.82 Å². The second-order valence-electron chi connectivity index (χ2n) is 4.94. The van der Waals surface area contributed by atoms with Gasteiger partial charge in [-0.1, -0.05) is 12.1 Å². The predicted molar refractivity (Wildman–Crippen MR) is 67.0 cm³/mol. The number of carbonyl (C=O) groups excluding carboxylic acids is 1. The van der Waals surface area contributed by atoms with E-state index >= 15 is 0 Å². The van der Waals surface area contributed by atoms with Gasteiger partial charge in [-0.3, -0.25) is 9.59 Å². The maximum atomic E-state index is 13.6. The van der Waals surface area contributed by atoms with Gasteiger partial charge in [-0.15, -0.1) is 0 Å². The summed E-state index contributed by atoms with van der Waals surface area (Å²) in [7, 11) is 1.57. The molecule has 1 aliphatic heterocycles. The standard InChI is InChI=1S/C14H16FNO3/c1-8-3-4-9(7-11(8)15)13-10(14(18)19)5-6-12(17)16(13)2/h3-4,7,10,13H,5-6H2,1-2H3,(H,18,19). The van der Waals surface area contributed by atoms with Crippen molar-refractivity contribution in [2.24, 2.45) is 5.92 Å². The Balaban J connectivity index is 2.43. The highest BCUT2D eigenvalue weighted by atomic mass is 19.1. The van der Waals surface area contributed by atoms with Crippen LogP contribution in [0.4, 0.5) is 4.39 Å². The van der Waals surface area contributed by atoms with E-state index in [1.54, 1.807) is 26.1 Å². The molecule has 1 N–H and O–H groups in total. The van der Waals surface area contributed by atoms with Crippen LogP contribution in [0.15, 0.2) is 18.2 Å². The number of rotatable bonds is 2. The first-order valence-corrected chi connectivity index (χ1v) is 6.16. The number of aryl methyl sites for hydroxylation is 1. The Labute approximate surface area is 110 Å². The lowest BCUT2D eigenvalue weighted by molar-refractivity contribution is -0.150. The Kier molecular flexibility index (Phi) is 3.55. The molecule has 5 heteroatoms. The van der Waals surface area contributed by atoms with Crippen molar-refractivity contribution in [2.45, 2.75) is 25.8 Å². The van der Waals surface area contributed by atoms with E-state index in [0.717, 1.165) is 0 Å². The van der Waals surface area contributed by atoms with Gasteiger partial charge in [0, 0.05) is 13.5 Å². The molecule has 102 valence electrons. The minimum Gasteiger partial charge on any atom is -0.481 e. The highest BCUT2D eigenvalue weighted by Crippen LogP contribution is 2.36. The van der Waals surface area contributed by atoms with E-state index in [9.17, 15) is 19.1 Å². The first-order valence-electron chi connectivity index (χ1n) is 6.16. The fourth-order valence-corrected chi connectivity index (χ4v) is 2.55. The van der Waals surface area contributed by atoms with Crippen molar-refractivity contribution in [3.8, 4) is 0 Å². The summed E-state index contributed by atoms with van der Waals surface area (Å²) in [5.41, 5.74) is 1.03. The molecule has 2 unspecified atom stereocenters. The van der Waals surface area contributed by atoms with Crippen molar-refractivity contribution in [1.29, 1.82) is 0 Å². The van der Waals surface area contributed by atoms with E-state index in [1.165, 1.54) is 11.0 Å². The number of amides is 1. The summed E-state index contributed by atoms with van der Waals surface area (Å²) in [5.74, 6) is -2.13. The number of hydrogen-bond donors (Lipinski definition) is 1. The first kappa shape index (κ1) is 13.5. The van der Waals surface area contributed by atoms with Crippen molar-refractivity contribution in [3.63, 3.8) is 0 Å². The summed E-state index contributed by atoms with van der Waals surface area (Å²) in [6.45, 7) is 1.64. The van der Waals surface area contributed by atoms with Crippen molar-refractivity contribution >= 4 is 11.9 Å². The van der Waals surface area contributed by atoms with Gasteiger partial charge in [-0.05, 0) is 30.5 Å². The molecule has 2 atom stereocenters. The minimum absolute atomic E-state index is 0.108. The number of carbonyl (C=O) groups is 2. The third-order valence-electron chi connectivity index (χ3n) is 3.72. The maximum Gasteiger partial charge on any atom is 0.308 e. The molecule has 0 bridgehead atoms. The molecular weight excluding hydrogens is 249 g/mol. The Morgan fingerprint density at radius 3 is 2.74 bits per heavy atom. The highest BCUT2D eigenvalue weighted by Gasteiger charge is 2.38. The number of carboxylic acid groups (broad SMARTS) is 1. The largest absolute Gasteiger partial charge is 0.481 e. The van der Waals surface area contributed by atoms with Crippen molar-refractivity contribution in [2.75, 3.05) is 7.05 Å². The second-order valence-corrected chi connectivity index (χ2v) is 4.94. The zero-order valence-electron chi connectivity index (χ0n) is 10.9. The van der Waals surface area contributed by atoms with Crippen LogP contribution in [-0.4, -0.2) is 28.9 Å². The smallest absolute Gasteiger partial charge is 0.308 e. The lowest BCUT2D eigenvalue weighted by atomic mass is 9.84. The molecular formula is C14H16FNO3. The summed E-state index contributed by atoms with van der Waals surface area (Å²) in [5, 5.41) is 9.27. The molecule has 1 amide bonds. The van der Waals surface area contributed by atoms with Gasteiger partial charge in [0.2, 0.25) is 5.91 Å². The number of halogens is 1. The van der Waals surface area contributed by atoms with Crippen LogP contribution in [0.2, 0.25) is 0 Å². The lowest BCUT2D eigenvalue weighted by Gasteiger charge is -2.37. The number of benzene rings is 1. The normalized spacial score (nSPS) is 23.5. The molecule has 1 aliphatic rings. The van der Waals surface area contributed by atoms with E-state index in [4.69, 9.17) is 0 Å². The average Bonchev–Trinajstić information content (AvgIpc) is 2.35. The van der Waals surface area contributed by atoms with Gasteiger partial charge in [-0.2, -0.15) is 0 Å². The molecule has 2 rings (SSSR count). The minimum atomic E-state index is -0.953. The van der Waals surface area contributed by atoms with E-state index in [-0.39, 0.29) is 18.1 Å². The van der Waals surface area contributed by atoms with Gasteiger partial charge in [0.05, 0.1) is 12.0 Å². The molecule has 1 aromatic rings. The predicted octanol–water partition coefficient (Wildman–Crippen LogP) is 2.13. The summed E-state index contributed by atoms with van der Waals surface area (Å²) >= 11 is 0. The van der Waals surface area contributed by atoms with Crippen LogP contribution in [0, 0.1) is 18.7 Å². The maximum absolute atomic E-state index is 13.6. The van der Waals surface area contributed by atoms with Crippen LogP contribution in [0.1, 0.15) is 30.0 Å². The van der Waals surface area contributed by atoms with E-state index in [0.29, 0.717) is 17.5 Å². The van der Waals surface area contributed by atoms with Gasteiger partial charge in [0.15, 0.2) is 0 Å². The molecule has 19 heavy (non-hydrogen) atoms. The zero-order chi connectivity index (χ0) is 14.2. The first-order chi connectivity index (χ1) is 8.91. The molecule has 0 spiro atoms. The average molecular weight is 265 g/mol. The molecule has 0 saturated carbocycles. The number of carboxylic acids is 1. The van der Waals surface area contributed by atoms with Crippen molar-refractivity contribution in [3.05, 3.63) is 35.1 Å². The van der Waals surface area contributed by atoms with Crippen LogP contribution in [-0.2, 0) is 9.59 Å². The summed E-state index contributed by atoms with van der Waals surface area (Å²) in [6.07, 6.45) is 0.511. The molecule has 1 saturated heterocycles. The van der Waals surface area contributed by atoms with E-state index in [2.05, 4.69) is 0 Å². The summed E-state index contributed by atoms with van der Waals surface area (Å²) in [4.78, 5) is 24.5. The highest BCUT2D eigenvalue weighted by molar-refractivity contribution is 5.81. The number of likely N-dealkylation sites (tertiary alicyclic amines) is 1. The molecule has 1 aromatic carbocycles. The Morgan fingerprint density at radius 2 is 2.16 bits per heavy atom. The molecule has 0 aliphatic carbocycles. The third kappa shape index (κ3) is 2.45. The SMILES string of the molecule is Cc1ccc(C2C(C(=O)O)CCC(=O)N2C)cc1F. The van der Waals surface area contributed by atoms with Gasteiger partial charge in [0.25, 0.3) is 0 Å². The topological polar surface area (TPSA) is 57.6 Å². The van der Waals surface area contributed by atoms with Crippen LogP contribution in [0.5, 0.6) is 0 Å². The van der Waals surface area contributed by atoms with Crippen LogP contribution in [0.25, 0.3) is 0 Å². The summed E-state index contributed by atoms with van der Waals surface area (Å²) < 4.78 is 13.6. The zero-order valence-corrected chi connectivity index (χ0v) is 10.9. The molecule has 0 aromatic heterocycles. The van der Waals surface area contributed by atoms with Gasteiger partial charge in [-0.25, -0.2) is 4.39 Å². The fourth-order valence-electron chi connectivity index (χ4n) is 2.55. The Hall–Kier alpha value is -1.91. The molecule has 1 fully saturated rings. The summed E-state index contributed by atoms with van der Waals surface area (Å²) in [6, 6.07) is 4.02. The van der Waals surface area contributed by atoms with Gasteiger partial charge < -0.3 is 10.0 Å². The Bertz CT molecular complexity index is 529. The molecule has 4 nitrogen and oxygen atoms in total. The van der Waals surface area contributed by atoms with Crippen molar-refractivity contribution < 1.29 is 19.1 Å². The number of piperidine rings is 1. The van der Waals surface area contributed by atoms with E-state index < -0.39 is 17.9 Å². The molecule has 1 heterocycles. The fraction of sp³-hybridized carbons (Fsp3) is 0.429. The van der Waals surface area contributed by atoms with Crippen LogP contribution in [0.3, 0.4) is 0 Å². The quantitative estimate of drug-likeness (QED) is 0.891. The number of aliphatic carboxylic acids is 1. The number of hydrogen-bond acceptors (Lipinski definition) is 2.